The fourth-order valence-electron chi connectivity index (χ4n) is 2.22. The first-order valence-corrected chi connectivity index (χ1v) is 9.73. The Hall–Kier alpha value is -1.64. The number of nitrogens with one attached hydrogen (secondary N) is 1. The predicted molar refractivity (Wildman–Crippen MR) is 107 cm³/mol. The minimum Gasteiger partial charge on any atom is -0.353 e. The zero-order chi connectivity index (χ0) is 18.4. The van der Waals surface area contributed by atoms with Gasteiger partial charge in [0.25, 0.3) is 0 Å². The zero-order valence-corrected chi connectivity index (χ0v) is 15.9. The van der Waals surface area contributed by atoms with E-state index < -0.39 is 6.67 Å². The molecular formula is C22H36FNO. The minimum atomic E-state index is -0.497. The Morgan fingerprint density at radius 3 is 1.84 bits per heavy atom. The van der Waals surface area contributed by atoms with E-state index in [-0.39, 0.29) is 12.5 Å². The Morgan fingerprint density at radius 1 is 0.800 bits per heavy atom. The highest BCUT2D eigenvalue weighted by molar-refractivity contribution is 5.75. The van der Waals surface area contributed by atoms with E-state index >= 15 is 0 Å². The van der Waals surface area contributed by atoms with Gasteiger partial charge in [0.05, 0.1) is 0 Å². The first kappa shape index (κ1) is 23.4. The predicted octanol–water partition coefficient (Wildman–Crippen LogP) is 6.22. The van der Waals surface area contributed by atoms with Crippen LogP contribution in [-0.2, 0) is 4.79 Å². The van der Waals surface area contributed by atoms with Crippen LogP contribution in [0.1, 0.15) is 71.1 Å². The van der Waals surface area contributed by atoms with Crippen LogP contribution >= 0.6 is 0 Å². The molecule has 0 aromatic rings. The lowest BCUT2D eigenvalue weighted by atomic mass is 10.2. The van der Waals surface area contributed by atoms with Crippen LogP contribution < -0.4 is 5.32 Å². The molecule has 0 unspecified atom stereocenters. The molecule has 0 saturated carbocycles. The van der Waals surface area contributed by atoms with Crippen LogP contribution in [0.3, 0.4) is 0 Å². The fourth-order valence-corrected chi connectivity index (χ4v) is 2.22. The lowest BCUT2D eigenvalue weighted by Gasteiger charge is -2.00. The summed E-state index contributed by atoms with van der Waals surface area (Å²) < 4.78 is 11.9. The second-order valence-electron chi connectivity index (χ2n) is 6.02. The van der Waals surface area contributed by atoms with Crippen LogP contribution in [0.2, 0.25) is 0 Å². The van der Waals surface area contributed by atoms with Crippen LogP contribution in [0.4, 0.5) is 4.39 Å². The van der Waals surface area contributed by atoms with E-state index in [0.29, 0.717) is 6.42 Å². The molecule has 25 heavy (non-hydrogen) atoms. The maximum Gasteiger partial charge on any atom is 0.220 e. The molecule has 1 amide bonds. The van der Waals surface area contributed by atoms with Crippen molar-refractivity contribution in [2.24, 2.45) is 0 Å². The van der Waals surface area contributed by atoms with Gasteiger partial charge in [0, 0.05) is 13.0 Å². The van der Waals surface area contributed by atoms with Gasteiger partial charge in [-0.1, -0.05) is 68.4 Å². The highest BCUT2D eigenvalue weighted by Crippen LogP contribution is 2.01. The number of hydrogen-bond acceptors (Lipinski definition) is 1. The van der Waals surface area contributed by atoms with Gasteiger partial charge in [0.1, 0.15) is 6.67 Å². The Kier molecular flexibility index (Phi) is 19.1. The van der Waals surface area contributed by atoms with Crippen molar-refractivity contribution in [1.29, 1.82) is 0 Å². The molecular weight excluding hydrogens is 313 g/mol. The Balaban J connectivity index is 3.44. The molecule has 0 aliphatic heterocycles. The summed E-state index contributed by atoms with van der Waals surface area (Å²) in [6.07, 6.45) is 27.7. The van der Waals surface area contributed by atoms with E-state index in [9.17, 15) is 9.18 Å². The van der Waals surface area contributed by atoms with Gasteiger partial charge in [-0.25, -0.2) is 4.39 Å². The highest BCUT2D eigenvalue weighted by atomic mass is 19.1. The molecule has 0 saturated heterocycles. The molecule has 0 atom stereocenters. The molecule has 0 aliphatic carbocycles. The van der Waals surface area contributed by atoms with Gasteiger partial charge in [-0.15, -0.1) is 0 Å². The number of rotatable bonds is 16. The summed E-state index contributed by atoms with van der Waals surface area (Å²) in [5.41, 5.74) is 0. The SMILES string of the molecule is CCCCC/C=C/C/C=C/C/C=C/C/C=C/CCCC(=O)NCCF. The van der Waals surface area contributed by atoms with E-state index in [4.69, 9.17) is 0 Å². The number of carbonyl (C=O) groups is 1. The number of alkyl halides is 1. The molecule has 0 bridgehead atoms. The first-order valence-electron chi connectivity index (χ1n) is 9.73. The lowest BCUT2D eigenvalue weighted by molar-refractivity contribution is -0.121. The van der Waals surface area contributed by atoms with E-state index in [1.54, 1.807) is 0 Å². The monoisotopic (exact) mass is 349 g/mol. The van der Waals surface area contributed by atoms with Crippen molar-refractivity contribution in [2.75, 3.05) is 13.2 Å². The largest absolute Gasteiger partial charge is 0.353 e. The van der Waals surface area contributed by atoms with Crippen LogP contribution in [0.5, 0.6) is 0 Å². The molecule has 2 nitrogen and oxygen atoms in total. The van der Waals surface area contributed by atoms with Crippen molar-refractivity contribution < 1.29 is 9.18 Å². The van der Waals surface area contributed by atoms with E-state index in [2.05, 4.69) is 60.8 Å². The summed E-state index contributed by atoms with van der Waals surface area (Å²) >= 11 is 0. The fraction of sp³-hybridized carbons (Fsp3) is 0.591. The highest BCUT2D eigenvalue weighted by Gasteiger charge is 1.97. The van der Waals surface area contributed by atoms with Gasteiger partial charge < -0.3 is 5.32 Å². The van der Waals surface area contributed by atoms with E-state index in [0.717, 1.165) is 32.1 Å². The average molecular weight is 350 g/mol. The summed E-state index contributed by atoms with van der Waals surface area (Å²) in [4.78, 5) is 11.2. The molecule has 0 rings (SSSR count). The Bertz CT molecular complexity index is 410. The van der Waals surface area contributed by atoms with Gasteiger partial charge in [-0.2, -0.15) is 0 Å². The molecule has 0 spiro atoms. The van der Waals surface area contributed by atoms with Gasteiger partial charge >= 0.3 is 0 Å². The third-order valence-electron chi connectivity index (χ3n) is 3.65. The molecule has 0 aliphatic rings. The first-order chi connectivity index (χ1) is 12.3. The quantitative estimate of drug-likeness (QED) is 0.260. The lowest BCUT2D eigenvalue weighted by Crippen LogP contribution is -2.24. The average Bonchev–Trinajstić information content (AvgIpc) is 2.62. The maximum atomic E-state index is 11.9. The molecule has 0 aromatic carbocycles. The maximum absolute atomic E-state index is 11.9. The number of unbranched alkanes of at least 4 members (excludes halogenated alkanes) is 4. The second-order valence-corrected chi connectivity index (χ2v) is 6.02. The third kappa shape index (κ3) is 20.3. The molecule has 0 heterocycles. The number of allylic oxidation sites excluding steroid dienone is 8. The molecule has 0 aromatic heterocycles. The van der Waals surface area contributed by atoms with Crippen LogP contribution in [-0.4, -0.2) is 19.1 Å². The molecule has 0 fully saturated rings. The van der Waals surface area contributed by atoms with Crippen molar-refractivity contribution in [1.82, 2.24) is 5.32 Å². The van der Waals surface area contributed by atoms with Gasteiger partial charge in [-0.05, 0) is 44.9 Å². The molecule has 142 valence electrons. The topological polar surface area (TPSA) is 29.1 Å². The standard InChI is InChI=1S/C22H36FNO/c1-2-3-4-5-6-7-8-9-10-11-12-13-14-15-16-17-18-19-22(25)24-21-20-23/h6-7,9-10,12-13,15-16H,2-5,8,11,14,17-21H2,1H3,(H,24,25)/b7-6+,10-9+,13-12+,16-15+. The second kappa shape index (κ2) is 20.4. The van der Waals surface area contributed by atoms with Crippen molar-refractivity contribution in [2.45, 2.75) is 71.1 Å². The van der Waals surface area contributed by atoms with Crippen molar-refractivity contribution in [3.05, 3.63) is 48.6 Å². The molecule has 3 heteroatoms. The third-order valence-corrected chi connectivity index (χ3v) is 3.65. The van der Waals surface area contributed by atoms with Crippen molar-refractivity contribution in [3.8, 4) is 0 Å². The molecule has 1 N–H and O–H groups in total. The van der Waals surface area contributed by atoms with E-state index in [1.807, 2.05) is 0 Å². The van der Waals surface area contributed by atoms with Gasteiger partial charge in [0.2, 0.25) is 5.91 Å². The van der Waals surface area contributed by atoms with Crippen molar-refractivity contribution in [3.63, 3.8) is 0 Å². The summed E-state index contributed by atoms with van der Waals surface area (Å²) in [5.74, 6) is -0.0615. The number of halogens is 1. The summed E-state index contributed by atoms with van der Waals surface area (Å²) in [7, 11) is 0. The van der Waals surface area contributed by atoms with Gasteiger partial charge in [0.15, 0.2) is 0 Å². The minimum absolute atomic E-state index is 0.0615. The summed E-state index contributed by atoms with van der Waals surface area (Å²) in [6.45, 7) is 1.86. The van der Waals surface area contributed by atoms with Crippen molar-refractivity contribution >= 4 is 5.91 Å². The normalized spacial score (nSPS) is 12.2. The smallest absolute Gasteiger partial charge is 0.220 e. The summed E-state index contributed by atoms with van der Waals surface area (Å²) in [5, 5.41) is 2.53. The van der Waals surface area contributed by atoms with Gasteiger partial charge in [-0.3, -0.25) is 4.79 Å². The van der Waals surface area contributed by atoms with Crippen LogP contribution in [0, 0.1) is 0 Å². The summed E-state index contributed by atoms with van der Waals surface area (Å²) in [6, 6.07) is 0. The van der Waals surface area contributed by atoms with Crippen LogP contribution in [0.15, 0.2) is 48.6 Å². The zero-order valence-electron chi connectivity index (χ0n) is 15.9. The Morgan fingerprint density at radius 2 is 1.32 bits per heavy atom. The molecule has 0 radical (unpaired) electrons. The van der Waals surface area contributed by atoms with E-state index in [1.165, 1.54) is 25.7 Å². The number of hydrogen-bond donors (Lipinski definition) is 1. The van der Waals surface area contributed by atoms with Crippen LogP contribution in [0.25, 0.3) is 0 Å². The number of carbonyl (C=O) groups excluding carboxylic acids is 1. The number of amides is 1. The Labute approximate surface area is 154 Å².